The fourth-order valence-electron chi connectivity index (χ4n) is 3.37. The third-order valence-corrected chi connectivity index (χ3v) is 4.77. The van der Waals surface area contributed by atoms with E-state index in [4.69, 9.17) is 16.3 Å². The van der Waals surface area contributed by atoms with Crippen molar-refractivity contribution in [1.29, 1.82) is 0 Å². The summed E-state index contributed by atoms with van der Waals surface area (Å²) >= 11 is 6.18. The molecule has 2 aliphatic rings. The smallest absolute Gasteiger partial charge is 0.137 e. The first-order valence-corrected chi connectivity index (χ1v) is 7.34. The number of nitrogens with zero attached hydrogens (tertiary/aromatic N) is 1. The standard InChI is InChI=1S/C15H21ClN2O/c1-19-14-3-2-12(8-13(14)16)9-18-7-5-15(11-18)4-6-17-10-15/h2-3,8,17H,4-7,9-11H2,1H3. The van der Waals surface area contributed by atoms with Crippen molar-refractivity contribution >= 4 is 11.6 Å². The summed E-state index contributed by atoms with van der Waals surface area (Å²) in [6.07, 6.45) is 2.65. The lowest BCUT2D eigenvalue weighted by molar-refractivity contribution is 0.268. The summed E-state index contributed by atoms with van der Waals surface area (Å²) < 4.78 is 5.19. The Labute approximate surface area is 119 Å². The van der Waals surface area contributed by atoms with Crippen LogP contribution in [0.15, 0.2) is 18.2 Å². The van der Waals surface area contributed by atoms with Crippen LogP contribution in [0.25, 0.3) is 0 Å². The van der Waals surface area contributed by atoms with Crippen LogP contribution in [0.5, 0.6) is 5.75 Å². The van der Waals surface area contributed by atoms with Gasteiger partial charge < -0.3 is 10.1 Å². The van der Waals surface area contributed by atoms with Crippen LogP contribution in [0.4, 0.5) is 0 Å². The predicted octanol–water partition coefficient (Wildman–Crippen LogP) is 2.53. The molecule has 1 atom stereocenters. The fourth-order valence-corrected chi connectivity index (χ4v) is 3.65. The molecule has 1 aromatic carbocycles. The van der Waals surface area contributed by atoms with Gasteiger partial charge in [0, 0.05) is 19.6 Å². The molecule has 19 heavy (non-hydrogen) atoms. The highest BCUT2D eigenvalue weighted by atomic mass is 35.5. The summed E-state index contributed by atoms with van der Waals surface area (Å²) in [5, 5.41) is 4.20. The molecule has 0 aromatic heterocycles. The van der Waals surface area contributed by atoms with Crippen LogP contribution >= 0.6 is 11.6 Å². The Morgan fingerprint density at radius 3 is 3.00 bits per heavy atom. The normalized spacial score (nSPS) is 27.3. The van der Waals surface area contributed by atoms with Crippen LogP contribution in [0.1, 0.15) is 18.4 Å². The lowest BCUT2D eigenvalue weighted by Crippen LogP contribution is -2.28. The van der Waals surface area contributed by atoms with Crippen molar-refractivity contribution in [3.63, 3.8) is 0 Å². The molecule has 2 fully saturated rings. The quantitative estimate of drug-likeness (QED) is 0.921. The lowest BCUT2D eigenvalue weighted by Gasteiger charge is -2.23. The molecule has 1 unspecified atom stereocenters. The molecule has 2 aliphatic heterocycles. The summed E-state index contributed by atoms with van der Waals surface area (Å²) in [5.41, 5.74) is 1.81. The van der Waals surface area contributed by atoms with Crippen molar-refractivity contribution in [1.82, 2.24) is 10.2 Å². The number of rotatable bonds is 3. The maximum Gasteiger partial charge on any atom is 0.137 e. The van der Waals surface area contributed by atoms with Gasteiger partial charge in [-0.05, 0) is 49.0 Å². The first-order chi connectivity index (χ1) is 9.21. The highest BCUT2D eigenvalue weighted by Crippen LogP contribution is 2.36. The number of methoxy groups -OCH3 is 1. The molecule has 3 nitrogen and oxygen atoms in total. The van der Waals surface area contributed by atoms with Gasteiger partial charge in [0.2, 0.25) is 0 Å². The van der Waals surface area contributed by atoms with E-state index in [0.717, 1.165) is 12.3 Å². The van der Waals surface area contributed by atoms with Gasteiger partial charge in [0.25, 0.3) is 0 Å². The highest BCUT2D eigenvalue weighted by molar-refractivity contribution is 6.32. The van der Waals surface area contributed by atoms with E-state index in [1.165, 1.54) is 44.6 Å². The molecule has 1 spiro atoms. The van der Waals surface area contributed by atoms with E-state index in [1.54, 1.807) is 7.11 Å². The maximum absolute atomic E-state index is 6.18. The van der Waals surface area contributed by atoms with E-state index < -0.39 is 0 Å². The van der Waals surface area contributed by atoms with E-state index in [9.17, 15) is 0 Å². The second-order valence-electron chi connectivity index (χ2n) is 5.86. The average molecular weight is 281 g/mol. The zero-order chi connectivity index (χ0) is 13.3. The zero-order valence-corrected chi connectivity index (χ0v) is 12.2. The second kappa shape index (κ2) is 5.31. The van der Waals surface area contributed by atoms with E-state index in [2.05, 4.69) is 16.3 Å². The van der Waals surface area contributed by atoms with Crippen LogP contribution in [0.3, 0.4) is 0 Å². The largest absolute Gasteiger partial charge is 0.495 e. The molecule has 4 heteroatoms. The van der Waals surface area contributed by atoms with Crippen LogP contribution in [0.2, 0.25) is 5.02 Å². The number of hydrogen-bond donors (Lipinski definition) is 1. The van der Waals surface area contributed by atoms with Crippen LogP contribution in [0, 0.1) is 5.41 Å². The third-order valence-electron chi connectivity index (χ3n) is 4.47. The number of hydrogen-bond acceptors (Lipinski definition) is 3. The van der Waals surface area contributed by atoms with Crippen molar-refractivity contribution in [3.05, 3.63) is 28.8 Å². The van der Waals surface area contributed by atoms with Crippen molar-refractivity contribution in [3.8, 4) is 5.75 Å². The summed E-state index contributed by atoms with van der Waals surface area (Å²) in [4.78, 5) is 2.55. The van der Waals surface area contributed by atoms with Gasteiger partial charge in [-0.25, -0.2) is 0 Å². The molecule has 3 rings (SSSR count). The summed E-state index contributed by atoms with van der Waals surface area (Å²) in [6, 6.07) is 6.10. The second-order valence-corrected chi connectivity index (χ2v) is 6.26. The Balaban J connectivity index is 1.64. The van der Waals surface area contributed by atoms with E-state index in [-0.39, 0.29) is 0 Å². The predicted molar refractivity (Wildman–Crippen MR) is 77.8 cm³/mol. The maximum atomic E-state index is 6.18. The Morgan fingerprint density at radius 2 is 2.32 bits per heavy atom. The minimum atomic E-state index is 0.538. The molecular formula is C15H21ClN2O. The average Bonchev–Trinajstić information content (AvgIpc) is 3.01. The first kappa shape index (κ1) is 13.2. The first-order valence-electron chi connectivity index (χ1n) is 6.96. The molecular weight excluding hydrogens is 260 g/mol. The summed E-state index contributed by atoms with van der Waals surface area (Å²) in [6.45, 7) is 5.77. The number of halogens is 1. The van der Waals surface area contributed by atoms with Gasteiger partial charge in [-0.3, -0.25) is 4.90 Å². The Morgan fingerprint density at radius 1 is 1.42 bits per heavy atom. The van der Waals surface area contributed by atoms with E-state index >= 15 is 0 Å². The number of ether oxygens (including phenoxy) is 1. The molecule has 104 valence electrons. The van der Waals surface area contributed by atoms with Crippen LogP contribution < -0.4 is 10.1 Å². The molecule has 1 aromatic rings. The molecule has 0 bridgehead atoms. The van der Waals surface area contributed by atoms with Crippen LogP contribution in [-0.2, 0) is 6.54 Å². The Kier molecular flexibility index (Phi) is 3.70. The summed E-state index contributed by atoms with van der Waals surface area (Å²) in [5.74, 6) is 0.753. The van der Waals surface area contributed by atoms with Gasteiger partial charge in [0.05, 0.1) is 12.1 Å². The van der Waals surface area contributed by atoms with E-state index in [1.807, 2.05) is 12.1 Å². The molecule has 2 saturated heterocycles. The molecule has 2 heterocycles. The van der Waals surface area contributed by atoms with Crippen LogP contribution in [-0.4, -0.2) is 38.2 Å². The van der Waals surface area contributed by atoms with E-state index in [0.29, 0.717) is 10.4 Å². The van der Waals surface area contributed by atoms with Gasteiger partial charge in [-0.15, -0.1) is 0 Å². The van der Waals surface area contributed by atoms with Gasteiger partial charge in [0.1, 0.15) is 5.75 Å². The Hall–Kier alpha value is -0.770. The fraction of sp³-hybridized carbons (Fsp3) is 0.600. The number of nitrogens with one attached hydrogen (secondary N) is 1. The SMILES string of the molecule is COc1ccc(CN2CCC3(CCNC3)C2)cc1Cl. The van der Waals surface area contributed by atoms with Gasteiger partial charge in [-0.1, -0.05) is 17.7 Å². The van der Waals surface area contributed by atoms with Gasteiger partial charge in [0.15, 0.2) is 0 Å². The molecule has 0 amide bonds. The molecule has 0 aliphatic carbocycles. The lowest BCUT2D eigenvalue weighted by atomic mass is 9.86. The minimum Gasteiger partial charge on any atom is -0.495 e. The highest BCUT2D eigenvalue weighted by Gasteiger charge is 2.39. The number of likely N-dealkylation sites (tertiary alicyclic amines) is 1. The molecule has 0 saturated carbocycles. The van der Waals surface area contributed by atoms with Crippen molar-refractivity contribution in [2.45, 2.75) is 19.4 Å². The van der Waals surface area contributed by atoms with Gasteiger partial charge >= 0.3 is 0 Å². The summed E-state index contributed by atoms with van der Waals surface area (Å²) in [7, 11) is 1.65. The third kappa shape index (κ3) is 2.73. The zero-order valence-electron chi connectivity index (χ0n) is 11.4. The van der Waals surface area contributed by atoms with Crippen molar-refractivity contribution in [2.24, 2.45) is 5.41 Å². The minimum absolute atomic E-state index is 0.538. The molecule has 1 N–H and O–H groups in total. The Bertz CT molecular complexity index is 457. The van der Waals surface area contributed by atoms with Crippen molar-refractivity contribution in [2.75, 3.05) is 33.3 Å². The number of benzene rings is 1. The van der Waals surface area contributed by atoms with Crippen molar-refractivity contribution < 1.29 is 4.74 Å². The van der Waals surface area contributed by atoms with Gasteiger partial charge in [-0.2, -0.15) is 0 Å². The molecule has 0 radical (unpaired) electrons. The monoisotopic (exact) mass is 280 g/mol. The topological polar surface area (TPSA) is 24.5 Å².